The maximum atomic E-state index is 13.8. The third kappa shape index (κ3) is 4.61. The molecule has 0 radical (unpaired) electrons. The highest BCUT2D eigenvalue weighted by Gasteiger charge is 2.44. The van der Waals surface area contributed by atoms with Gasteiger partial charge in [0.25, 0.3) is 11.8 Å². The van der Waals surface area contributed by atoms with Gasteiger partial charge in [-0.3, -0.25) is 9.59 Å². The molecule has 33 heavy (non-hydrogen) atoms. The lowest BCUT2D eigenvalue weighted by Gasteiger charge is -2.32. The zero-order chi connectivity index (χ0) is 23.5. The van der Waals surface area contributed by atoms with Gasteiger partial charge in [0.15, 0.2) is 0 Å². The number of piperidine rings is 1. The van der Waals surface area contributed by atoms with E-state index in [2.05, 4.69) is 11.8 Å². The van der Waals surface area contributed by atoms with Crippen LogP contribution < -0.4 is 14.4 Å². The molecule has 174 valence electrons. The molecule has 0 bridgehead atoms. The lowest BCUT2D eigenvalue weighted by atomic mass is 9.97. The fourth-order valence-electron chi connectivity index (χ4n) is 4.40. The Morgan fingerprint density at radius 3 is 2.27 bits per heavy atom. The van der Waals surface area contributed by atoms with Gasteiger partial charge in [-0.1, -0.05) is 31.2 Å². The normalized spacial score (nSPS) is 17.4. The molecule has 2 aromatic carbocycles. The molecule has 2 heterocycles. The van der Waals surface area contributed by atoms with Gasteiger partial charge in [-0.2, -0.15) is 0 Å². The fraction of sp³-hybridized carbons (Fsp3) is 0.407. The molecule has 0 saturated carbocycles. The number of ether oxygens (including phenoxy) is 2. The summed E-state index contributed by atoms with van der Waals surface area (Å²) in [6, 6.07) is 14.6. The number of hydrogen-bond donors (Lipinski definition) is 0. The van der Waals surface area contributed by atoms with Crippen molar-refractivity contribution in [2.45, 2.75) is 46.6 Å². The Morgan fingerprint density at radius 1 is 0.970 bits per heavy atom. The molecule has 0 unspecified atom stereocenters. The van der Waals surface area contributed by atoms with Crippen molar-refractivity contribution in [1.29, 1.82) is 0 Å². The summed E-state index contributed by atoms with van der Waals surface area (Å²) in [5.41, 5.74) is 2.12. The Balaban J connectivity index is 1.78. The predicted molar refractivity (Wildman–Crippen MR) is 129 cm³/mol. The van der Waals surface area contributed by atoms with Crippen molar-refractivity contribution in [2.75, 3.05) is 24.6 Å². The number of hydrogen-bond acceptors (Lipinski definition) is 5. The van der Waals surface area contributed by atoms with Crippen LogP contribution in [-0.4, -0.2) is 42.5 Å². The minimum atomic E-state index is -0.322. The number of nitrogens with zero attached hydrogens (tertiary/aromatic N) is 2. The third-order valence-electron chi connectivity index (χ3n) is 6.08. The summed E-state index contributed by atoms with van der Waals surface area (Å²) < 4.78 is 11.5. The topological polar surface area (TPSA) is 59.1 Å². The van der Waals surface area contributed by atoms with Crippen LogP contribution in [0.15, 0.2) is 54.2 Å². The Hall–Kier alpha value is -3.28. The van der Waals surface area contributed by atoms with E-state index in [4.69, 9.17) is 9.47 Å². The molecule has 1 saturated heterocycles. The zero-order valence-electron chi connectivity index (χ0n) is 19.8. The summed E-state index contributed by atoms with van der Waals surface area (Å²) in [5.74, 6) is 1.25. The number of carbonyl (C=O) groups excluding carboxylic acids is 2. The number of benzene rings is 2. The molecule has 2 aliphatic heterocycles. The SMILES string of the molecule is CCOc1ccc(C2=C(N3CCC(C)CC3)C(=O)N(c3ccccc3OC(C)C)C2=O)cc1. The van der Waals surface area contributed by atoms with Gasteiger partial charge >= 0.3 is 0 Å². The molecule has 2 aliphatic rings. The van der Waals surface area contributed by atoms with Crippen molar-refractivity contribution in [3.8, 4) is 11.5 Å². The number of amides is 2. The van der Waals surface area contributed by atoms with E-state index in [1.54, 1.807) is 12.1 Å². The van der Waals surface area contributed by atoms with Crippen LogP contribution in [0, 0.1) is 5.92 Å². The van der Waals surface area contributed by atoms with Gasteiger partial charge < -0.3 is 14.4 Å². The van der Waals surface area contributed by atoms with Crippen molar-refractivity contribution >= 4 is 23.1 Å². The fourth-order valence-corrected chi connectivity index (χ4v) is 4.40. The summed E-state index contributed by atoms with van der Waals surface area (Å²) in [5, 5.41) is 0. The summed E-state index contributed by atoms with van der Waals surface area (Å²) in [6.45, 7) is 10.1. The van der Waals surface area contributed by atoms with Crippen LogP contribution >= 0.6 is 0 Å². The van der Waals surface area contributed by atoms with E-state index in [1.165, 1.54) is 4.90 Å². The molecule has 0 N–H and O–H groups in total. The summed E-state index contributed by atoms with van der Waals surface area (Å²) in [6.07, 6.45) is 1.91. The number of rotatable bonds is 7. The number of anilines is 1. The van der Waals surface area contributed by atoms with Crippen LogP contribution in [0.4, 0.5) is 5.69 Å². The van der Waals surface area contributed by atoms with E-state index in [0.29, 0.717) is 35.2 Å². The smallest absolute Gasteiger partial charge is 0.282 e. The third-order valence-corrected chi connectivity index (χ3v) is 6.08. The van der Waals surface area contributed by atoms with Gasteiger partial charge in [-0.25, -0.2) is 4.90 Å². The highest BCUT2D eigenvalue weighted by Crippen LogP contribution is 2.40. The van der Waals surface area contributed by atoms with Gasteiger partial charge in [-0.15, -0.1) is 0 Å². The van der Waals surface area contributed by atoms with Crippen molar-refractivity contribution < 1.29 is 19.1 Å². The molecular formula is C27H32N2O4. The second-order valence-electron chi connectivity index (χ2n) is 8.93. The molecule has 0 aromatic heterocycles. The van der Waals surface area contributed by atoms with E-state index >= 15 is 0 Å². The molecular weight excluding hydrogens is 416 g/mol. The quantitative estimate of drug-likeness (QED) is 0.565. The van der Waals surface area contributed by atoms with Crippen LogP contribution in [0.25, 0.3) is 5.57 Å². The summed E-state index contributed by atoms with van der Waals surface area (Å²) in [4.78, 5) is 31.0. The predicted octanol–water partition coefficient (Wildman–Crippen LogP) is 4.89. The molecule has 0 atom stereocenters. The first-order valence-electron chi connectivity index (χ1n) is 11.8. The monoisotopic (exact) mass is 448 g/mol. The van der Waals surface area contributed by atoms with E-state index in [0.717, 1.165) is 37.2 Å². The first-order chi connectivity index (χ1) is 15.9. The van der Waals surface area contributed by atoms with Gasteiger partial charge in [-0.05, 0) is 69.4 Å². The average Bonchev–Trinajstić information content (AvgIpc) is 3.05. The van der Waals surface area contributed by atoms with E-state index in [9.17, 15) is 9.59 Å². The van der Waals surface area contributed by atoms with Gasteiger partial charge in [0.2, 0.25) is 0 Å². The molecule has 1 fully saturated rings. The minimum Gasteiger partial charge on any atom is -0.494 e. The molecule has 2 aromatic rings. The lowest BCUT2D eigenvalue weighted by Crippen LogP contribution is -2.38. The molecule has 0 aliphatic carbocycles. The first kappa shape index (κ1) is 22.9. The summed E-state index contributed by atoms with van der Waals surface area (Å²) >= 11 is 0. The zero-order valence-corrected chi connectivity index (χ0v) is 19.8. The van der Waals surface area contributed by atoms with Gasteiger partial charge in [0, 0.05) is 13.1 Å². The molecule has 6 heteroatoms. The molecule has 0 spiro atoms. The van der Waals surface area contributed by atoms with Crippen molar-refractivity contribution in [3.05, 3.63) is 59.8 Å². The summed E-state index contributed by atoms with van der Waals surface area (Å²) in [7, 11) is 0. The number of imide groups is 1. The van der Waals surface area contributed by atoms with Crippen molar-refractivity contribution in [3.63, 3.8) is 0 Å². The van der Waals surface area contributed by atoms with E-state index in [-0.39, 0.29) is 17.9 Å². The van der Waals surface area contributed by atoms with Crippen LogP contribution in [-0.2, 0) is 9.59 Å². The van der Waals surface area contributed by atoms with Gasteiger partial charge in [0.05, 0.1) is 24.0 Å². The Morgan fingerprint density at radius 2 is 1.64 bits per heavy atom. The van der Waals surface area contributed by atoms with Crippen LogP contribution in [0.3, 0.4) is 0 Å². The number of likely N-dealkylation sites (tertiary alicyclic amines) is 1. The Labute approximate surface area is 195 Å². The van der Waals surface area contributed by atoms with Crippen molar-refractivity contribution in [2.24, 2.45) is 5.92 Å². The maximum Gasteiger partial charge on any atom is 0.282 e. The van der Waals surface area contributed by atoms with E-state index < -0.39 is 0 Å². The minimum absolute atomic E-state index is 0.0828. The molecule has 4 rings (SSSR count). The van der Waals surface area contributed by atoms with Crippen LogP contribution in [0.2, 0.25) is 0 Å². The Kier molecular flexibility index (Phi) is 6.72. The maximum absolute atomic E-state index is 13.8. The average molecular weight is 449 g/mol. The number of carbonyl (C=O) groups is 2. The van der Waals surface area contributed by atoms with E-state index in [1.807, 2.05) is 57.2 Å². The molecule has 2 amide bonds. The highest BCUT2D eigenvalue weighted by molar-refractivity contribution is 6.45. The second kappa shape index (κ2) is 9.69. The standard InChI is InChI=1S/C27H32N2O4/c1-5-32-21-12-10-20(11-13-21)24-25(28-16-14-19(4)15-17-28)27(31)29(26(24)30)22-8-6-7-9-23(22)33-18(2)3/h6-13,18-19H,5,14-17H2,1-4H3. The van der Waals surface area contributed by atoms with Crippen LogP contribution in [0.1, 0.15) is 46.1 Å². The first-order valence-corrected chi connectivity index (χ1v) is 11.8. The largest absolute Gasteiger partial charge is 0.494 e. The van der Waals surface area contributed by atoms with Crippen molar-refractivity contribution in [1.82, 2.24) is 4.90 Å². The van der Waals surface area contributed by atoms with Crippen LogP contribution in [0.5, 0.6) is 11.5 Å². The highest BCUT2D eigenvalue weighted by atomic mass is 16.5. The second-order valence-corrected chi connectivity index (χ2v) is 8.93. The van der Waals surface area contributed by atoms with Gasteiger partial charge in [0.1, 0.15) is 17.2 Å². The lowest BCUT2D eigenvalue weighted by molar-refractivity contribution is -0.120. The number of para-hydroxylation sites is 2. The Bertz CT molecular complexity index is 1050. The molecule has 6 nitrogen and oxygen atoms in total.